The van der Waals surface area contributed by atoms with Crippen molar-refractivity contribution in [3.05, 3.63) is 0 Å². The summed E-state index contributed by atoms with van der Waals surface area (Å²) in [7, 11) is 1.31. The molecule has 3 heteroatoms. The summed E-state index contributed by atoms with van der Waals surface area (Å²) in [6.07, 6.45) is 3.58. The predicted octanol–water partition coefficient (Wildman–Crippen LogP) is 5.29. The molecule has 0 spiro atoms. The first-order valence-corrected chi connectivity index (χ1v) is 6.49. The van der Waals surface area contributed by atoms with Crippen molar-refractivity contribution in [1.82, 2.24) is 0 Å². The van der Waals surface area contributed by atoms with E-state index in [1.54, 1.807) is 0 Å². The fraction of sp³-hybridized carbons (Fsp3) is 1.00. The first-order chi connectivity index (χ1) is 7.62. The molecule has 0 aromatic heterocycles. The maximum Gasteiger partial charge on any atom is 0.270 e. The maximum atomic E-state index is 12.7. The van der Waals surface area contributed by atoms with E-state index < -0.39 is 12.5 Å². The summed E-state index contributed by atoms with van der Waals surface area (Å²) in [5.74, 6) is -2.62. The van der Waals surface area contributed by atoms with Crippen molar-refractivity contribution < 1.29 is 13.5 Å². The van der Waals surface area contributed by atoms with Gasteiger partial charge in [0.15, 0.2) is 0 Å². The number of unbranched alkanes of at least 4 members (excludes halogenated alkanes) is 3. The van der Waals surface area contributed by atoms with Crippen molar-refractivity contribution in [2.24, 2.45) is 0 Å². The van der Waals surface area contributed by atoms with Crippen molar-refractivity contribution in [2.45, 2.75) is 72.6 Å². The molecule has 0 saturated carbocycles. The van der Waals surface area contributed by atoms with Crippen LogP contribution in [-0.2, 0) is 4.74 Å². The molecule has 1 nitrogen and oxygen atoms in total. The average molecular weight is 240 g/mol. The van der Waals surface area contributed by atoms with Gasteiger partial charge in [-0.15, -0.1) is 0 Å². The van der Waals surface area contributed by atoms with E-state index in [1.165, 1.54) is 7.11 Å². The van der Waals surface area contributed by atoms with E-state index >= 15 is 0 Å². The van der Waals surface area contributed by atoms with Gasteiger partial charge in [-0.3, -0.25) is 0 Å². The highest BCUT2D eigenvalue weighted by atomic mass is 19.3. The molecule has 0 N–H and O–H groups in total. The highest BCUT2D eigenvalue weighted by molar-refractivity contribution is 4.64. The van der Waals surface area contributed by atoms with Crippen LogP contribution in [0, 0.1) is 0 Å². The first kappa shape index (κ1) is 21.1. The van der Waals surface area contributed by atoms with E-state index in [0.717, 1.165) is 19.3 Å². The van der Waals surface area contributed by atoms with Crippen LogP contribution in [0.1, 0.15) is 66.7 Å². The Morgan fingerprint density at radius 1 is 0.938 bits per heavy atom. The zero-order valence-corrected chi connectivity index (χ0v) is 11.9. The Morgan fingerprint density at radius 3 is 1.81 bits per heavy atom. The molecule has 0 atom stereocenters. The lowest BCUT2D eigenvalue weighted by Gasteiger charge is -2.14. The molecule has 0 aromatic carbocycles. The van der Waals surface area contributed by atoms with Gasteiger partial charge in [0.2, 0.25) is 0 Å². The van der Waals surface area contributed by atoms with E-state index in [0.29, 0.717) is 6.42 Å². The molecule has 0 aromatic rings. The Bertz CT molecular complexity index is 106. The fourth-order valence-corrected chi connectivity index (χ4v) is 1.09. The van der Waals surface area contributed by atoms with Crippen molar-refractivity contribution in [3.8, 4) is 0 Å². The summed E-state index contributed by atoms with van der Waals surface area (Å²) in [5, 5.41) is 0. The Hall–Kier alpha value is -0.180. The second-order valence-electron chi connectivity index (χ2n) is 3.10. The molecule has 0 amide bonds. The van der Waals surface area contributed by atoms with Crippen LogP contribution in [0.15, 0.2) is 0 Å². The fourth-order valence-electron chi connectivity index (χ4n) is 1.09. The number of rotatable bonds is 7. The molecular weight excluding hydrogens is 210 g/mol. The molecule has 0 radical (unpaired) electrons. The van der Waals surface area contributed by atoms with Gasteiger partial charge in [0.05, 0.1) is 0 Å². The molecule has 0 fully saturated rings. The predicted molar refractivity (Wildman–Crippen MR) is 68.3 cm³/mol. The molecule has 0 unspecified atom stereocenters. The molecule has 0 rings (SSSR count). The Labute approximate surface area is 101 Å². The summed E-state index contributed by atoms with van der Waals surface area (Å²) >= 11 is 0. The van der Waals surface area contributed by atoms with Gasteiger partial charge in [-0.1, -0.05) is 53.9 Å². The molecule has 0 bridgehead atoms. The van der Waals surface area contributed by atoms with E-state index in [1.807, 2.05) is 27.7 Å². The molecule has 0 saturated heterocycles. The quantitative estimate of drug-likeness (QED) is 0.549. The highest BCUT2D eigenvalue weighted by Crippen LogP contribution is 2.21. The van der Waals surface area contributed by atoms with Crippen LogP contribution >= 0.6 is 0 Å². The summed E-state index contributed by atoms with van der Waals surface area (Å²) in [6, 6.07) is 0. The van der Waals surface area contributed by atoms with Gasteiger partial charge in [-0.05, 0) is 6.42 Å². The van der Waals surface area contributed by atoms with Crippen LogP contribution in [0.4, 0.5) is 8.78 Å². The number of alkyl halides is 2. The minimum atomic E-state index is -2.62. The average Bonchev–Trinajstić information content (AvgIpc) is 2.30. The maximum absolute atomic E-state index is 12.7. The van der Waals surface area contributed by atoms with Gasteiger partial charge in [0.25, 0.3) is 5.92 Å². The zero-order chi connectivity index (χ0) is 13.4. The Balaban J connectivity index is -0.000000376. The largest absolute Gasteiger partial charge is 0.378 e. The van der Waals surface area contributed by atoms with E-state index in [2.05, 4.69) is 11.7 Å². The Kier molecular flexibility index (Phi) is 22.8. The molecule has 102 valence electrons. The lowest BCUT2D eigenvalue weighted by molar-refractivity contribution is -0.0711. The van der Waals surface area contributed by atoms with Gasteiger partial charge < -0.3 is 4.74 Å². The van der Waals surface area contributed by atoms with Crippen LogP contribution in [0.3, 0.4) is 0 Å². The van der Waals surface area contributed by atoms with Crippen LogP contribution < -0.4 is 0 Å². The van der Waals surface area contributed by atoms with Gasteiger partial charge in [-0.25, -0.2) is 8.78 Å². The topological polar surface area (TPSA) is 9.23 Å². The van der Waals surface area contributed by atoms with Crippen LogP contribution in [-0.4, -0.2) is 19.6 Å². The number of hydrogen-bond donors (Lipinski definition) is 0. The van der Waals surface area contributed by atoms with Gasteiger partial charge in [0.1, 0.15) is 6.61 Å². The monoisotopic (exact) mass is 240 g/mol. The van der Waals surface area contributed by atoms with E-state index in [4.69, 9.17) is 0 Å². The molecular formula is C13H30F2O. The normalized spacial score (nSPS) is 9.75. The highest BCUT2D eigenvalue weighted by Gasteiger charge is 2.27. The lowest BCUT2D eigenvalue weighted by Crippen LogP contribution is -2.22. The third kappa shape index (κ3) is 19.4. The number of ether oxygens (including phenoxy) is 1. The molecule has 0 aliphatic heterocycles. The standard InChI is InChI=1S/C9H18F2O.2C2H6/c1-3-4-5-6-7-9(10,11)8-12-2;2*1-2/h3-8H2,1-2H3;2*1-2H3. The molecule has 16 heavy (non-hydrogen) atoms. The van der Waals surface area contributed by atoms with Crippen molar-refractivity contribution in [1.29, 1.82) is 0 Å². The smallest absolute Gasteiger partial charge is 0.270 e. The first-order valence-electron chi connectivity index (χ1n) is 6.49. The van der Waals surface area contributed by atoms with E-state index in [-0.39, 0.29) is 6.42 Å². The third-order valence-electron chi connectivity index (χ3n) is 1.75. The van der Waals surface area contributed by atoms with Gasteiger partial charge in [0, 0.05) is 13.5 Å². The van der Waals surface area contributed by atoms with Crippen molar-refractivity contribution in [2.75, 3.05) is 13.7 Å². The minimum Gasteiger partial charge on any atom is -0.378 e. The second-order valence-corrected chi connectivity index (χ2v) is 3.10. The number of methoxy groups -OCH3 is 1. The Morgan fingerprint density at radius 2 is 1.44 bits per heavy atom. The third-order valence-corrected chi connectivity index (χ3v) is 1.75. The number of hydrogen-bond acceptors (Lipinski definition) is 1. The summed E-state index contributed by atoms with van der Waals surface area (Å²) in [6.45, 7) is 9.62. The van der Waals surface area contributed by atoms with Crippen molar-refractivity contribution >= 4 is 0 Å². The van der Waals surface area contributed by atoms with Crippen LogP contribution in [0.2, 0.25) is 0 Å². The van der Waals surface area contributed by atoms with E-state index in [9.17, 15) is 8.78 Å². The minimum absolute atomic E-state index is 0.0408. The molecule has 0 aliphatic rings. The van der Waals surface area contributed by atoms with Gasteiger partial charge >= 0.3 is 0 Å². The second kappa shape index (κ2) is 17.2. The molecule has 0 heterocycles. The molecule has 0 aliphatic carbocycles. The lowest BCUT2D eigenvalue weighted by atomic mass is 10.1. The zero-order valence-electron chi connectivity index (χ0n) is 11.9. The summed E-state index contributed by atoms with van der Waals surface area (Å²) in [4.78, 5) is 0. The van der Waals surface area contributed by atoms with Crippen molar-refractivity contribution in [3.63, 3.8) is 0 Å². The number of halogens is 2. The summed E-state index contributed by atoms with van der Waals surface area (Å²) in [5.41, 5.74) is 0. The summed E-state index contributed by atoms with van der Waals surface area (Å²) < 4.78 is 29.9. The van der Waals surface area contributed by atoms with Crippen LogP contribution in [0.25, 0.3) is 0 Å². The van der Waals surface area contributed by atoms with Gasteiger partial charge in [-0.2, -0.15) is 0 Å². The van der Waals surface area contributed by atoms with Crippen LogP contribution in [0.5, 0.6) is 0 Å². The SMILES string of the molecule is CC.CC.CCCCCCC(F)(F)COC.